The molecule has 2 bridgehead atoms. The van der Waals surface area contributed by atoms with Gasteiger partial charge < -0.3 is 10.5 Å². The fraction of sp³-hybridized carbons (Fsp3) is 1.00. The zero-order valence-corrected chi connectivity index (χ0v) is 8.59. The van der Waals surface area contributed by atoms with Crippen LogP contribution in [-0.2, 0) is 4.74 Å². The van der Waals surface area contributed by atoms with Gasteiger partial charge in [0.15, 0.2) is 0 Å². The summed E-state index contributed by atoms with van der Waals surface area (Å²) in [5, 5.41) is 0. The summed E-state index contributed by atoms with van der Waals surface area (Å²) in [7, 11) is 1.77. The van der Waals surface area contributed by atoms with Crippen molar-refractivity contribution >= 4 is 0 Å². The van der Waals surface area contributed by atoms with Crippen LogP contribution in [0.25, 0.3) is 0 Å². The Hall–Kier alpha value is -0.0800. The molecule has 2 N–H and O–H groups in total. The van der Waals surface area contributed by atoms with Crippen LogP contribution in [0, 0.1) is 11.8 Å². The molecule has 2 aliphatic rings. The molecule has 3 atom stereocenters. The van der Waals surface area contributed by atoms with E-state index in [0.29, 0.717) is 0 Å². The van der Waals surface area contributed by atoms with Gasteiger partial charge in [-0.05, 0) is 43.9 Å². The van der Waals surface area contributed by atoms with Crippen LogP contribution in [-0.4, -0.2) is 19.3 Å². The second-order valence-corrected chi connectivity index (χ2v) is 4.91. The highest BCUT2D eigenvalue weighted by molar-refractivity contribution is 5.03. The molecule has 0 aromatic rings. The molecule has 2 nitrogen and oxygen atoms in total. The minimum Gasteiger partial charge on any atom is -0.385 e. The first-order chi connectivity index (χ1) is 6.24. The predicted octanol–water partition coefficient (Wildman–Crippen LogP) is 1.93. The molecule has 2 fully saturated rings. The molecule has 2 heteroatoms. The van der Waals surface area contributed by atoms with Crippen molar-refractivity contribution in [2.24, 2.45) is 17.6 Å². The van der Waals surface area contributed by atoms with Crippen LogP contribution >= 0.6 is 0 Å². The molecular formula is C11H21NO. The van der Waals surface area contributed by atoms with Crippen molar-refractivity contribution in [1.29, 1.82) is 0 Å². The van der Waals surface area contributed by atoms with E-state index in [1.165, 1.54) is 32.1 Å². The molecule has 13 heavy (non-hydrogen) atoms. The summed E-state index contributed by atoms with van der Waals surface area (Å²) in [6, 6.07) is 0. The summed E-state index contributed by atoms with van der Waals surface area (Å²) in [5.74, 6) is 1.78. The summed E-state index contributed by atoms with van der Waals surface area (Å²) in [6.07, 6.45) is 7.81. The number of nitrogens with two attached hydrogens (primary N) is 1. The molecule has 0 aromatic heterocycles. The molecule has 0 amide bonds. The third-order valence-electron chi connectivity index (χ3n) is 4.01. The number of ether oxygens (including phenoxy) is 1. The third kappa shape index (κ3) is 1.75. The lowest BCUT2D eigenvalue weighted by atomic mass is 9.79. The third-order valence-corrected chi connectivity index (χ3v) is 4.01. The first kappa shape index (κ1) is 9.47. The fourth-order valence-corrected chi connectivity index (χ4v) is 3.34. The van der Waals surface area contributed by atoms with E-state index in [1.54, 1.807) is 7.11 Å². The van der Waals surface area contributed by atoms with Gasteiger partial charge in [-0.1, -0.05) is 6.42 Å². The van der Waals surface area contributed by atoms with E-state index >= 15 is 0 Å². The second-order valence-electron chi connectivity index (χ2n) is 4.91. The van der Waals surface area contributed by atoms with Gasteiger partial charge >= 0.3 is 0 Å². The van der Waals surface area contributed by atoms with Gasteiger partial charge in [-0.2, -0.15) is 0 Å². The van der Waals surface area contributed by atoms with Crippen LogP contribution in [0.4, 0.5) is 0 Å². The van der Waals surface area contributed by atoms with Crippen LogP contribution in [0.3, 0.4) is 0 Å². The van der Waals surface area contributed by atoms with Gasteiger partial charge in [0.2, 0.25) is 0 Å². The van der Waals surface area contributed by atoms with E-state index in [4.69, 9.17) is 10.5 Å². The molecule has 0 aromatic carbocycles. The predicted molar refractivity (Wildman–Crippen MR) is 53.5 cm³/mol. The largest absolute Gasteiger partial charge is 0.385 e. The average molecular weight is 183 g/mol. The Morgan fingerprint density at radius 1 is 1.46 bits per heavy atom. The van der Waals surface area contributed by atoms with Gasteiger partial charge in [-0.25, -0.2) is 0 Å². The Bertz CT molecular complexity index is 183. The van der Waals surface area contributed by atoms with Crippen LogP contribution in [0.15, 0.2) is 0 Å². The monoisotopic (exact) mass is 183 g/mol. The van der Waals surface area contributed by atoms with Gasteiger partial charge in [-0.15, -0.1) is 0 Å². The standard InChI is InChI=1S/C11H21NO/c1-13-6-2-5-11(12)8-9-3-4-10(11)7-9/h9-10H,2-8,12H2,1H3. The maximum absolute atomic E-state index is 6.43. The summed E-state index contributed by atoms with van der Waals surface area (Å²) < 4.78 is 5.07. The minimum absolute atomic E-state index is 0.182. The number of fused-ring (bicyclic) bond motifs is 2. The van der Waals surface area contributed by atoms with Crippen molar-refractivity contribution in [1.82, 2.24) is 0 Å². The van der Waals surface area contributed by atoms with E-state index in [9.17, 15) is 0 Å². The molecule has 0 heterocycles. The zero-order valence-electron chi connectivity index (χ0n) is 8.59. The lowest BCUT2D eigenvalue weighted by molar-refractivity contribution is 0.168. The lowest BCUT2D eigenvalue weighted by Crippen LogP contribution is -2.44. The van der Waals surface area contributed by atoms with Gasteiger partial charge in [0.25, 0.3) is 0 Å². The fourth-order valence-electron chi connectivity index (χ4n) is 3.34. The summed E-state index contributed by atoms with van der Waals surface area (Å²) >= 11 is 0. The summed E-state index contributed by atoms with van der Waals surface area (Å²) in [4.78, 5) is 0. The first-order valence-electron chi connectivity index (χ1n) is 5.52. The van der Waals surface area contributed by atoms with Crippen molar-refractivity contribution < 1.29 is 4.74 Å². The second kappa shape index (κ2) is 3.58. The van der Waals surface area contributed by atoms with Crippen molar-refractivity contribution in [2.45, 2.75) is 44.1 Å². The minimum atomic E-state index is 0.182. The SMILES string of the molecule is COCCCC1(N)CC2CCC1C2. The van der Waals surface area contributed by atoms with E-state index in [2.05, 4.69) is 0 Å². The first-order valence-corrected chi connectivity index (χ1v) is 5.52. The maximum atomic E-state index is 6.43. The Morgan fingerprint density at radius 2 is 2.31 bits per heavy atom. The van der Waals surface area contributed by atoms with Crippen LogP contribution in [0.2, 0.25) is 0 Å². The highest BCUT2D eigenvalue weighted by Gasteiger charge is 2.47. The van der Waals surface area contributed by atoms with Crippen molar-refractivity contribution in [2.75, 3.05) is 13.7 Å². The maximum Gasteiger partial charge on any atom is 0.0462 e. The molecule has 0 spiro atoms. The number of rotatable bonds is 4. The van der Waals surface area contributed by atoms with Crippen molar-refractivity contribution in [3.05, 3.63) is 0 Å². The highest BCUT2D eigenvalue weighted by Crippen LogP contribution is 2.51. The molecule has 76 valence electrons. The summed E-state index contributed by atoms with van der Waals surface area (Å²) in [5.41, 5.74) is 6.61. The summed E-state index contributed by atoms with van der Waals surface area (Å²) in [6.45, 7) is 0.871. The zero-order chi connectivity index (χ0) is 9.31. The Morgan fingerprint density at radius 3 is 2.85 bits per heavy atom. The number of methoxy groups -OCH3 is 1. The van der Waals surface area contributed by atoms with Crippen LogP contribution in [0.1, 0.15) is 38.5 Å². The Labute approximate surface area is 80.8 Å². The van der Waals surface area contributed by atoms with Gasteiger partial charge in [0.1, 0.15) is 0 Å². The Kier molecular flexibility index (Phi) is 2.61. The van der Waals surface area contributed by atoms with Gasteiger partial charge in [0, 0.05) is 19.3 Å². The molecule has 2 aliphatic carbocycles. The molecular weight excluding hydrogens is 162 g/mol. The molecule has 2 rings (SSSR count). The van der Waals surface area contributed by atoms with E-state index in [0.717, 1.165) is 24.9 Å². The molecule has 2 saturated carbocycles. The van der Waals surface area contributed by atoms with Crippen molar-refractivity contribution in [3.8, 4) is 0 Å². The Balaban J connectivity index is 1.83. The number of hydrogen-bond acceptors (Lipinski definition) is 2. The normalized spacial score (nSPS) is 42.9. The van der Waals surface area contributed by atoms with Crippen molar-refractivity contribution in [3.63, 3.8) is 0 Å². The smallest absolute Gasteiger partial charge is 0.0462 e. The quantitative estimate of drug-likeness (QED) is 0.676. The van der Waals surface area contributed by atoms with E-state index < -0.39 is 0 Å². The molecule has 0 aliphatic heterocycles. The van der Waals surface area contributed by atoms with Crippen LogP contribution in [0.5, 0.6) is 0 Å². The van der Waals surface area contributed by atoms with E-state index in [-0.39, 0.29) is 5.54 Å². The van der Waals surface area contributed by atoms with Gasteiger partial charge in [-0.3, -0.25) is 0 Å². The highest BCUT2D eigenvalue weighted by atomic mass is 16.5. The molecule has 0 saturated heterocycles. The molecule has 0 radical (unpaired) electrons. The lowest BCUT2D eigenvalue weighted by Gasteiger charge is -2.33. The van der Waals surface area contributed by atoms with Crippen LogP contribution < -0.4 is 5.73 Å². The van der Waals surface area contributed by atoms with E-state index in [1.807, 2.05) is 0 Å². The number of hydrogen-bond donors (Lipinski definition) is 1. The average Bonchev–Trinajstić information content (AvgIpc) is 2.64. The van der Waals surface area contributed by atoms with Gasteiger partial charge in [0.05, 0.1) is 0 Å². The molecule has 3 unspecified atom stereocenters. The topological polar surface area (TPSA) is 35.2 Å².